The van der Waals surface area contributed by atoms with Gasteiger partial charge in [0.05, 0.1) is 25.0 Å². The minimum absolute atomic E-state index is 0.0164. The standard InChI is InChI=1S/C17H17FN2O5/c18-12-4-2-1-3-11(12)14-9-19-15(25-14)5-6-16(21)20-7-8-24-10-13(20)17(22)23/h1-4,9,13H,5-8,10H2,(H,22,23). The van der Waals surface area contributed by atoms with E-state index in [9.17, 15) is 14.0 Å². The van der Waals surface area contributed by atoms with Crippen LogP contribution in [0.15, 0.2) is 34.9 Å². The number of aromatic nitrogens is 1. The second kappa shape index (κ2) is 7.43. The Morgan fingerprint density at radius 2 is 2.16 bits per heavy atom. The molecule has 0 saturated carbocycles. The van der Waals surface area contributed by atoms with Gasteiger partial charge in [-0.2, -0.15) is 0 Å². The van der Waals surface area contributed by atoms with E-state index in [-0.39, 0.29) is 37.7 Å². The van der Waals surface area contributed by atoms with Crippen LogP contribution in [0.5, 0.6) is 0 Å². The lowest BCUT2D eigenvalue weighted by Gasteiger charge is -2.32. The zero-order chi connectivity index (χ0) is 17.8. The number of hydrogen-bond acceptors (Lipinski definition) is 5. The molecule has 1 fully saturated rings. The third-order valence-corrected chi connectivity index (χ3v) is 3.98. The summed E-state index contributed by atoms with van der Waals surface area (Å²) in [5, 5.41) is 9.16. The smallest absolute Gasteiger partial charge is 0.328 e. The van der Waals surface area contributed by atoms with Gasteiger partial charge in [0.1, 0.15) is 5.82 Å². The van der Waals surface area contributed by atoms with Crippen molar-refractivity contribution in [2.45, 2.75) is 18.9 Å². The van der Waals surface area contributed by atoms with Crippen molar-refractivity contribution in [2.24, 2.45) is 0 Å². The van der Waals surface area contributed by atoms with Crippen LogP contribution < -0.4 is 0 Å². The molecule has 1 aliphatic rings. The van der Waals surface area contributed by atoms with E-state index in [0.717, 1.165) is 0 Å². The SMILES string of the molecule is O=C(O)C1COCCN1C(=O)CCc1ncc(-c2ccccc2F)o1. The minimum atomic E-state index is -1.09. The molecule has 1 aliphatic heterocycles. The van der Waals surface area contributed by atoms with Gasteiger partial charge in [-0.05, 0) is 12.1 Å². The Bertz CT molecular complexity index is 776. The Labute approximate surface area is 143 Å². The number of benzene rings is 1. The quantitative estimate of drug-likeness (QED) is 0.884. The van der Waals surface area contributed by atoms with Crippen molar-refractivity contribution in [2.75, 3.05) is 19.8 Å². The monoisotopic (exact) mass is 348 g/mol. The van der Waals surface area contributed by atoms with Crippen molar-refractivity contribution in [1.82, 2.24) is 9.88 Å². The van der Waals surface area contributed by atoms with Crippen LogP contribution in [-0.4, -0.2) is 52.7 Å². The average molecular weight is 348 g/mol. The van der Waals surface area contributed by atoms with Crippen molar-refractivity contribution in [3.63, 3.8) is 0 Å². The molecule has 1 atom stereocenters. The van der Waals surface area contributed by atoms with Gasteiger partial charge in [0.2, 0.25) is 5.91 Å². The highest BCUT2D eigenvalue weighted by atomic mass is 19.1. The van der Waals surface area contributed by atoms with Crippen molar-refractivity contribution < 1.29 is 28.2 Å². The molecule has 0 spiro atoms. The summed E-state index contributed by atoms with van der Waals surface area (Å²) >= 11 is 0. The normalized spacial score (nSPS) is 17.5. The lowest BCUT2D eigenvalue weighted by molar-refractivity contribution is -0.158. The number of halogens is 1. The summed E-state index contributed by atoms with van der Waals surface area (Å²) in [5.74, 6) is -1.23. The topological polar surface area (TPSA) is 92.9 Å². The molecule has 1 saturated heterocycles. The summed E-state index contributed by atoms with van der Waals surface area (Å²) < 4.78 is 24.4. The van der Waals surface area contributed by atoms with Crippen LogP contribution in [0.2, 0.25) is 0 Å². The van der Waals surface area contributed by atoms with Gasteiger partial charge in [-0.25, -0.2) is 14.2 Å². The summed E-state index contributed by atoms with van der Waals surface area (Å²) in [4.78, 5) is 28.8. The number of aliphatic carboxylic acids is 1. The first kappa shape index (κ1) is 17.1. The van der Waals surface area contributed by atoms with Gasteiger partial charge in [-0.1, -0.05) is 12.1 Å². The van der Waals surface area contributed by atoms with Crippen molar-refractivity contribution in [3.05, 3.63) is 42.2 Å². The molecule has 1 unspecified atom stereocenters. The first-order valence-corrected chi connectivity index (χ1v) is 7.86. The largest absolute Gasteiger partial charge is 0.480 e. The molecule has 1 N–H and O–H groups in total. The van der Waals surface area contributed by atoms with E-state index in [4.69, 9.17) is 14.3 Å². The molecule has 3 rings (SSSR count). The van der Waals surface area contributed by atoms with E-state index < -0.39 is 17.8 Å². The lowest BCUT2D eigenvalue weighted by atomic mass is 10.2. The highest BCUT2D eigenvalue weighted by Gasteiger charge is 2.32. The summed E-state index contributed by atoms with van der Waals surface area (Å²) in [6, 6.07) is 5.20. The van der Waals surface area contributed by atoms with E-state index in [1.807, 2.05) is 0 Å². The average Bonchev–Trinajstić information content (AvgIpc) is 3.08. The van der Waals surface area contributed by atoms with Crippen LogP contribution >= 0.6 is 0 Å². The number of carboxylic acids is 1. The molecule has 0 aliphatic carbocycles. The van der Waals surface area contributed by atoms with E-state index >= 15 is 0 Å². The Morgan fingerprint density at radius 1 is 1.36 bits per heavy atom. The molecule has 7 nitrogen and oxygen atoms in total. The highest BCUT2D eigenvalue weighted by molar-refractivity contribution is 5.84. The molecule has 2 heterocycles. The van der Waals surface area contributed by atoms with Crippen LogP contribution in [0, 0.1) is 5.82 Å². The van der Waals surface area contributed by atoms with Gasteiger partial charge < -0.3 is 19.2 Å². The first-order valence-electron chi connectivity index (χ1n) is 7.86. The maximum Gasteiger partial charge on any atom is 0.328 e. The number of oxazole rings is 1. The minimum Gasteiger partial charge on any atom is -0.480 e. The zero-order valence-corrected chi connectivity index (χ0v) is 13.4. The first-order chi connectivity index (χ1) is 12.1. The molecule has 0 radical (unpaired) electrons. The number of hydrogen-bond donors (Lipinski definition) is 1. The number of carbonyl (C=O) groups is 2. The number of nitrogens with zero attached hydrogens (tertiary/aromatic N) is 2. The zero-order valence-electron chi connectivity index (χ0n) is 13.4. The maximum atomic E-state index is 13.7. The molecule has 25 heavy (non-hydrogen) atoms. The molecule has 1 aromatic carbocycles. The lowest BCUT2D eigenvalue weighted by Crippen LogP contribution is -2.52. The van der Waals surface area contributed by atoms with Crippen LogP contribution in [0.4, 0.5) is 4.39 Å². The van der Waals surface area contributed by atoms with Gasteiger partial charge >= 0.3 is 5.97 Å². The van der Waals surface area contributed by atoms with Gasteiger partial charge in [0.25, 0.3) is 0 Å². The fourth-order valence-corrected chi connectivity index (χ4v) is 2.68. The van der Waals surface area contributed by atoms with E-state index in [2.05, 4.69) is 4.98 Å². The van der Waals surface area contributed by atoms with Gasteiger partial charge in [-0.3, -0.25) is 4.79 Å². The van der Waals surface area contributed by atoms with Crippen LogP contribution in [-0.2, 0) is 20.7 Å². The predicted molar refractivity (Wildman–Crippen MR) is 84.2 cm³/mol. The Balaban J connectivity index is 1.63. The molecule has 8 heteroatoms. The number of aryl methyl sites for hydroxylation is 1. The summed E-state index contributed by atoms with van der Waals surface area (Å²) in [6.07, 6.45) is 1.67. The second-order valence-electron chi connectivity index (χ2n) is 5.61. The summed E-state index contributed by atoms with van der Waals surface area (Å²) in [6.45, 7) is 0.533. The van der Waals surface area contributed by atoms with Crippen LogP contribution in [0.1, 0.15) is 12.3 Å². The third kappa shape index (κ3) is 3.85. The van der Waals surface area contributed by atoms with Crippen LogP contribution in [0.25, 0.3) is 11.3 Å². The third-order valence-electron chi connectivity index (χ3n) is 3.98. The molecule has 2 aromatic rings. The summed E-state index contributed by atoms with van der Waals surface area (Å²) in [7, 11) is 0. The van der Waals surface area contributed by atoms with Crippen LogP contribution in [0.3, 0.4) is 0 Å². The maximum absolute atomic E-state index is 13.7. The Kier molecular flexibility index (Phi) is 5.08. The fraction of sp³-hybridized carbons (Fsp3) is 0.353. The highest BCUT2D eigenvalue weighted by Crippen LogP contribution is 2.23. The number of amides is 1. The predicted octanol–water partition coefficient (Wildman–Crippen LogP) is 1.73. The Morgan fingerprint density at radius 3 is 2.92 bits per heavy atom. The number of rotatable bonds is 5. The number of ether oxygens (including phenoxy) is 1. The summed E-state index contributed by atoms with van der Waals surface area (Å²) in [5.41, 5.74) is 0.298. The molecule has 0 bridgehead atoms. The number of carbonyl (C=O) groups excluding carboxylic acids is 1. The van der Waals surface area contributed by atoms with Crippen molar-refractivity contribution >= 4 is 11.9 Å². The molecular weight excluding hydrogens is 331 g/mol. The molecule has 1 amide bonds. The number of morpholine rings is 1. The van der Waals surface area contributed by atoms with Gasteiger partial charge in [0, 0.05) is 19.4 Å². The van der Waals surface area contributed by atoms with E-state index in [0.29, 0.717) is 18.1 Å². The molecule has 1 aromatic heterocycles. The fourth-order valence-electron chi connectivity index (χ4n) is 2.68. The molecule has 132 valence electrons. The second-order valence-corrected chi connectivity index (χ2v) is 5.61. The van der Waals surface area contributed by atoms with Crippen molar-refractivity contribution in [3.8, 4) is 11.3 Å². The van der Waals surface area contributed by atoms with E-state index in [1.54, 1.807) is 18.2 Å². The van der Waals surface area contributed by atoms with E-state index in [1.165, 1.54) is 17.2 Å². The number of carboxylic acid groups (broad SMARTS) is 1. The van der Waals surface area contributed by atoms with Crippen molar-refractivity contribution in [1.29, 1.82) is 0 Å². The van der Waals surface area contributed by atoms with Gasteiger partial charge in [-0.15, -0.1) is 0 Å². The Hall–Kier alpha value is -2.74. The van der Waals surface area contributed by atoms with Gasteiger partial charge in [0.15, 0.2) is 17.7 Å². The molecular formula is C17H17FN2O5.